The third kappa shape index (κ3) is 9.40. The number of Topliss-reactive ketones (excluding diaryl/α,β-unsaturated/α-hetero) is 1. The van der Waals surface area contributed by atoms with Gasteiger partial charge in [0.05, 0.1) is 30.0 Å². The molecule has 2 amide bonds. The Morgan fingerprint density at radius 2 is 1.89 bits per heavy atom. The lowest BCUT2D eigenvalue weighted by Gasteiger charge is -2.23. The molecule has 3 atom stereocenters. The van der Waals surface area contributed by atoms with E-state index in [0.29, 0.717) is 5.56 Å². The average molecular weight is 574 g/mol. The second-order valence-corrected chi connectivity index (χ2v) is 9.14. The molecule has 0 aliphatic carbocycles. The standard InChI is InChI=1S/C23H23ClF3N5O5S/c1-11(33)2-3-16(20(35)31-15(18(34)19(29)38)4-5-23(25,26)27)32-21(36)17-10-30-22(37-17)13-6-12(9-28)7-14(24)8-13/h6-8,10-11,15-16,33H,2-5H2,1H3,(H2,29,38)(H,31,35)(H,32,36)/t11?,15-,16-/m0/s1. The minimum Gasteiger partial charge on any atom is -0.431 e. The number of aliphatic hydroxyl groups is 1. The minimum absolute atomic E-state index is 0.0237. The van der Waals surface area contributed by atoms with Crippen LogP contribution in [0.1, 0.15) is 48.7 Å². The Morgan fingerprint density at radius 3 is 2.47 bits per heavy atom. The van der Waals surface area contributed by atoms with Gasteiger partial charge >= 0.3 is 6.18 Å². The lowest BCUT2D eigenvalue weighted by Crippen LogP contribution is -2.53. The summed E-state index contributed by atoms with van der Waals surface area (Å²) in [5.41, 5.74) is 5.79. The van der Waals surface area contributed by atoms with E-state index in [2.05, 4.69) is 27.8 Å². The molecule has 15 heteroatoms. The van der Waals surface area contributed by atoms with Gasteiger partial charge in [0, 0.05) is 17.0 Å². The highest BCUT2D eigenvalue weighted by Crippen LogP contribution is 2.25. The Balaban J connectivity index is 2.23. The molecule has 1 aromatic carbocycles. The second-order valence-electron chi connectivity index (χ2n) is 8.27. The van der Waals surface area contributed by atoms with Gasteiger partial charge in [0.1, 0.15) is 11.0 Å². The summed E-state index contributed by atoms with van der Waals surface area (Å²) >= 11 is 10.5. The molecule has 38 heavy (non-hydrogen) atoms. The summed E-state index contributed by atoms with van der Waals surface area (Å²) in [5.74, 6) is -3.36. The number of thiocarbonyl (C=S) groups is 1. The van der Waals surface area contributed by atoms with Crippen LogP contribution in [0.15, 0.2) is 28.8 Å². The summed E-state index contributed by atoms with van der Waals surface area (Å²) in [6.07, 6.45) is -6.76. The van der Waals surface area contributed by atoms with E-state index in [1.807, 2.05) is 6.07 Å². The number of aliphatic hydroxyl groups excluding tert-OH is 1. The molecule has 2 rings (SSSR count). The fourth-order valence-corrected chi connectivity index (χ4v) is 3.59. The number of hydrogen-bond acceptors (Lipinski definition) is 8. The van der Waals surface area contributed by atoms with Gasteiger partial charge < -0.3 is 25.9 Å². The molecule has 0 radical (unpaired) electrons. The van der Waals surface area contributed by atoms with E-state index < -0.39 is 59.8 Å². The maximum Gasteiger partial charge on any atom is 0.389 e. The van der Waals surface area contributed by atoms with Gasteiger partial charge in [-0.2, -0.15) is 18.4 Å². The second kappa shape index (κ2) is 13.3. The van der Waals surface area contributed by atoms with Gasteiger partial charge in [0.25, 0.3) is 5.91 Å². The number of nitriles is 1. The normalized spacial score (nSPS) is 13.6. The number of carbonyl (C=O) groups is 3. The highest BCUT2D eigenvalue weighted by atomic mass is 35.5. The number of ketones is 1. The summed E-state index contributed by atoms with van der Waals surface area (Å²) < 4.78 is 43.6. The fourth-order valence-electron chi connectivity index (χ4n) is 3.22. The van der Waals surface area contributed by atoms with Crippen molar-refractivity contribution in [1.29, 1.82) is 5.26 Å². The van der Waals surface area contributed by atoms with E-state index in [0.717, 1.165) is 6.20 Å². The molecule has 0 aliphatic rings. The van der Waals surface area contributed by atoms with E-state index >= 15 is 0 Å². The topological polar surface area (TPSA) is 171 Å². The van der Waals surface area contributed by atoms with Gasteiger partial charge in [-0.25, -0.2) is 4.98 Å². The number of aromatic nitrogens is 1. The summed E-state index contributed by atoms with van der Waals surface area (Å²) in [6.45, 7) is 1.43. The molecule has 1 unspecified atom stereocenters. The molecular weight excluding hydrogens is 551 g/mol. The number of nitrogens with zero attached hydrogens (tertiary/aromatic N) is 2. The van der Waals surface area contributed by atoms with E-state index in [1.165, 1.54) is 25.1 Å². The zero-order chi connectivity index (χ0) is 28.6. The molecule has 1 aromatic heterocycles. The first-order valence-corrected chi connectivity index (χ1v) is 11.9. The van der Waals surface area contributed by atoms with Crippen molar-refractivity contribution in [3.8, 4) is 17.5 Å². The number of nitrogens with two attached hydrogens (primary N) is 1. The highest BCUT2D eigenvalue weighted by Gasteiger charge is 2.33. The van der Waals surface area contributed by atoms with E-state index in [1.54, 1.807) is 0 Å². The average Bonchev–Trinajstić information content (AvgIpc) is 3.33. The first-order chi connectivity index (χ1) is 17.7. The predicted octanol–water partition coefficient (Wildman–Crippen LogP) is 2.81. The van der Waals surface area contributed by atoms with E-state index in [4.69, 9.17) is 27.0 Å². The molecule has 0 aliphatic heterocycles. The van der Waals surface area contributed by atoms with Crippen molar-refractivity contribution in [2.24, 2.45) is 5.73 Å². The molecule has 0 bridgehead atoms. The van der Waals surface area contributed by atoms with Gasteiger partial charge in [-0.1, -0.05) is 23.8 Å². The highest BCUT2D eigenvalue weighted by molar-refractivity contribution is 7.82. The maximum atomic E-state index is 12.9. The molecule has 204 valence electrons. The molecule has 0 saturated carbocycles. The van der Waals surface area contributed by atoms with Crippen molar-refractivity contribution in [3.05, 3.63) is 40.7 Å². The van der Waals surface area contributed by atoms with Gasteiger partial charge in [0.15, 0.2) is 0 Å². The van der Waals surface area contributed by atoms with Crippen molar-refractivity contribution < 1.29 is 37.1 Å². The third-order valence-electron chi connectivity index (χ3n) is 5.09. The number of benzene rings is 1. The zero-order valence-electron chi connectivity index (χ0n) is 19.8. The fraction of sp³-hybridized carbons (Fsp3) is 0.391. The smallest absolute Gasteiger partial charge is 0.389 e. The molecule has 0 saturated heterocycles. The van der Waals surface area contributed by atoms with Crippen LogP contribution in [0.25, 0.3) is 11.5 Å². The Bertz CT molecular complexity index is 1240. The van der Waals surface area contributed by atoms with Gasteiger partial charge in [-0.15, -0.1) is 0 Å². The third-order valence-corrected chi connectivity index (χ3v) is 5.51. The summed E-state index contributed by atoms with van der Waals surface area (Å²) in [6, 6.07) is 3.15. The Morgan fingerprint density at radius 1 is 1.21 bits per heavy atom. The SMILES string of the molecule is CC(O)CC[C@H](NC(=O)c1cnc(-c2cc(Cl)cc(C#N)c2)o1)C(=O)N[C@@H](CCC(F)(F)F)C(=O)C(N)=S. The van der Waals surface area contributed by atoms with Crippen molar-refractivity contribution in [2.75, 3.05) is 0 Å². The molecule has 10 nitrogen and oxygen atoms in total. The molecule has 2 aromatic rings. The van der Waals surface area contributed by atoms with Crippen molar-refractivity contribution in [3.63, 3.8) is 0 Å². The zero-order valence-corrected chi connectivity index (χ0v) is 21.4. The van der Waals surface area contributed by atoms with Crippen LogP contribution in [0.2, 0.25) is 5.02 Å². The van der Waals surface area contributed by atoms with Gasteiger partial charge in [-0.05, 0) is 44.4 Å². The maximum absolute atomic E-state index is 12.9. The van der Waals surface area contributed by atoms with Crippen LogP contribution in [-0.4, -0.2) is 57.0 Å². The predicted molar refractivity (Wildman–Crippen MR) is 133 cm³/mol. The number of carbonyl (C=O) groups excluding carboxylic acids is 3. The van der Waals surface area contributed by atoms with Crippen LogP contribution in [-0.2, 0) is 9.59 Å². The first kappa shape index (κ1) is 30.7. The van der Waals surface area contributed by atoms with Crippen LogP contribution >= 0.6 is 23.8 Å². The Kier molecular flexibility index (Phi) is 10.7. The van der Waals surface area contributed by atoms with Crippen LogP contribution in [0.4, 0.5) is 13.2 Å². The Labute approximate surface area is 225 Å². The number of rotatable bonds is 12. The van der Waals surface area contributed by atoms with Crippen molar-refractivity contribution in [1.82, 2.24) is 15.6 Å². The number of nitrogens with one attached hydrogen (secondary N) is 2. The van der Waals surface area contributed by atoms with Crippen LogP contribution in [0.5, 0.6) is 0 Å². The Hall–Kier alpha value is -3.54. The quantitative estimate of drug-likeness (QED) is 0.279. The molecule has 1 heterocycles. The number of halogens is 4. The number of oxazole rings is 1. The molecular formula is C23H23ClF3N5O5S. The summed E-state index contributed by atoms with van der Waals surface area (Å²) in [7, 11) is 0. The van der Waals surface area contributed by atoms with Gasteiger partial charge in [-0.3, -0.25) is 14.4 Å². The van der Waals surface area contributed by atoms with Crippen molar-refractivity contribution in [2.45, 2.75) is 57.0 Å². The number of hydrogen-bond donors (Lipinski definition) is 4. The first-order valence-electron chi connectivity index (χ1n) is 11.1. The lowest BCUT2D eigenvalue weighted by molar-refractivity contribution is -0.140. The molecule has 0 fully saturated rings. The summed E-state index contributed by atoms with van der Waals surface area (Å²) in [4.78, 5) is 41.2. The number of amides is 2. The minimum atomic E-state index is -4.61. The van der Waals surface area contributed by atoms with E-state index in [-0.39, 0.29) is 35.1 Å². The lowest BCUT2D eigenvalue weighted by atomic mass is 10.0. The van der Waals surface area contributed by atoms with Crippen LogP contribution in [0.3, 0.4) is 0 Å². The monoisotopic (exact) mass is 573 g/mol. The van der Waals surface area contributed by atoms with Crippen LogP contribution in [0, 0.1) is 11.3 Å². The molecule has 5 N–H and O–H groups in total. The van der Waals surface area contributed by atoms with Crippen LogP contribution < -0.4 is 16.4 Å². The largest absolute Gasteiger partial charge is 0.431 e. The number of alkyl halides is 3. The summed E-state index contributed by atoms with van der Waals surface area (Å²) in [5, 5.41) is 23.5. The van der Waals surface area contributed by atoms with Gasteiger partial charge in [0.2, 0.25) is 23.3 Å². The van der Waals surface area contributed by atoms with Crippen molar-refractivity contribution >= 4 is 46.4 Å². The van der Waals surface area contributed by atoms with E-state index in [9.17, 15) is 32.7 Å². The molecule has 0 spiro atoms.